The minimum Gasteiger partial charge on any atom is -0.344 e. The van der Waals surface area contributed by atoms with Crippen molar-refractivity contribution in [1.82, 2.24) is 19.8 Å². The van der Waals surface area contributed by atoms with E-state index in [-0.39, 0.29) is 17.7 Å². The van der Waals surface area contributed by atoms with Crippen LogP contribution < -0.4 is 4.90 Å². The lowest BCUT2D eigenvalue weighted by molar-refractivity contribution is 0.0651. The molecule has 0 spiro atoms. The Morgan fingerprint density at radius 2 is 1.84 bits per heavy atom. The minimum absolute atomic E-state index is 0.120. The number of thiazole rings is 1. The lowest BCUT2D eigenvalue weighted by atomic mass is 10.0. The second-order valence-corrected chi connectivity index (χ2v) is 8.94. The molecule has 0 unspecified atom stereocenters. The molecule has 0 aliphatic carbocycles. The highest BCUT2D eigenvalue weighted by atomic mass is 32.1. The third-order valence-electron chi connectivity index (χ3n) is 5.95. The number of unbranched alkanes of at least 4 members (excludes halogenated alkanes) is 1. The van der Waals surface area contributed by atoms with Gasteiger partial charge in [0, 0.05) is 44.5 Å². The van der Waals surface area contributed by atoms with Crippen LogP contribution in [-0.2, 0) is 0 Å². The van der Waals surface area contributed by atoms with Crippen LogP contribution in [0.4, 0.5) is 5.13 Å². The fraction of sp³-hybridized carbons (Fsp3) is 0.348. The van der Waals surface area contributed by atoms with E-state index in [9.17, 15) is 14.4 Å². The number of piperazine rings is 1. The van der Waals surface area contributed by atoms with Gasteiger partial charge in [-0.05, 0) is 36.8 Å². The van der Waals surface area contributed by atoms with Gasteiger partial charge in [0.15, 0.2) is 5.13 Å². The Morgan fingerprint density at radius 1 is 1.06 bits per heavy atom. The maximum absolute atomic E-state index is 13.1. The van der Waals surface area contributed by atoms with Gasteiger partial charge in [-0.1, -0.05) is 24.7 Å². The third kappa shape index (κ3) is 3.52. The summed E-state index contributed by atoms with van der Waals surface area (Å²) in [5, 5.41) is 0.916. The van der Waals surface area contributed by atoms with Gasteiger partial charge in [0.2, 0.25) is 0 Å². The summed E-state index contributed by atoms with van der Waals surface area (Å²) in [7, 11) is 0. The maximum Gasteiger partial charge on any atom is 0.261 e. The molecule has 32 heavy (non-hydrogen) atoms. The first-order chi connectivity index (χ1) is 15.6. The number of hydrogen-bond acceptors (Lipinski definition) is 7. The molecule has 1 fully saturated rings. The zero-order valence-electron chi connectivity index (χ0n) is 17.8. The van der Waals surface area contributed by atoms with Crippen LogP contribution in [0.2, 0.25) is 0 Å². The third-order valence-corrected chi connectivity index (χ3v) is 6.99. The number of amides is 3. The van der Waals surface area contributed by atoms with Gasteiger partial charge < -0.3 is 9.80 Å². The first kappa shape index (κ1) is 20.6. The number of nitrogens with zero attached hydrogens (tertiary/aromatic N) is 5. The van der Waals surface area contributed by atoms with Crippen LogP contribution in [0.15, 0.2) is 36.5 Å². The molecular weight excluding hydrogens is 426 g/mol. The fourth-order valence-electron chi connectivity index (χ4n) is 4.12. The summed E-state index contributed by atoms with van der Waals surface area (Å²) < 4.78 is 0. The second kappa shape index (κ2) is 8.31. The summed E-state index contributed by atoms with van der Waals surface area (Å²) in [6.45, 7) is 4.92. The van der Waals surface area contributed by atoms with Crippen molar-refractivity contribution in [3.05, 3.63) is 53.2 Å². The molecule has 2 aromatic heterocycles. The number of imide groups is 1. The van der Waals surface area contributed by atoms with Gasteiger partial charge >= 0.3 is 0 Å². The predicted molar refractivity (Wildman–Crippen MR) is 122 cm³/mol. The summed E-state index contributed by atoms with van der Waals surface area (Å²) in [6, 6.07) is 8.67. The van der Waals surface area contributed by atoms with Crippen LogP contribution in [-0.4, -0.2) is 70.2 Å². The van der Waals surface area contributed by atoms with E-state index in [1.54, 1.807) is 40.6 Å². The molecular formula is C23H23N5O3S. The molecule has 0 bridgehead atoms. The smallest absolute Gasteiger partial charge is 0.261 e. The Labute approximate surface area is 189 Å². The van der Waals surface area contributed by atoms with Crippen LogP contribution >= 0.6 is 11.3 Å². The molecule has 164 valence electrons. The van der Waals surface area contributed by atoms with Gasteiger partial charge in [-0.25, -0.2) is 9.97 Å². The number of anilines is 1. The maximum atomic E-state index is 13.1. The van der Waals surface area contributed by atoms with E-state index in [1.807, 2.05) is 19.1 Å². The highest BCUT2D eigenvalue weighted by Crippen LogP contribution is 2.28. The van der Waals surface area contributed by atoms with Gasteiger partial charge in [0.1, 0.15) is 10.3 Å². The van der Waals surface area contributed by atoms with Crippen LogP contribution in [0.25, 0.3) is 10.3 Å². The topological polar surface area (TPSA) is 86.7 Å². The van der Waals surface area contributed by atoms with Crippen molar-refractivity contribution in [3.63, 3.8) is 0 Å². The number of benzene rings is 1. The first-order valence-corrected chi connectivity index (χ1v) is 11.6. The SMILES string of the molecule is CCCCN1C(=O)c2ccc(C(=O)N3CCN(c4nc5cccnc5s4)CC3)cc2C1=O. The first-order valence-electron chi connectivity index (χ1n) is 10.8. The summed E-state index contributed by atoms with van der Waals surface area (Å²) in [4.78, 5) is 53.5. The average Bonchev–Trinajstić information content (AvgIpc) is 3.36. The molecule has 9 heteroatoms. The van der Waals surface area contributed by atoms with E-state index in [4.69, 9.17) is 0 Å². The number of rotatable bonds is 5. The fourth-order valence-corrected chi connectivity index (χ4v) is 5.08. The van der Waals surface area contributed by atoms with E-state index in [2.05, 4.69) is 14.9 Å². The van der Waals surface area contributed by atoms with Gasteiger partial charge in [-0.15, -0.1) is 0 Å². The largest absolute Gasteiger partial charge is 0.344 e. The molecule has 8 nitrogen and oxygen atoms in total. The van der Waals surface area contributed by atoms with Crippen molar-refractivity contribution < 1.29 is 14.4 Å². The Kier molecular flexibility index (Phi) is 5.34. The monoisotopic (exact) mass is 449 g/mol. The van der Waals surface area contributed by atoms with Crippen LogP contribution in [0, 0.1) is 0 Å². The van der Waals surface area contributed by atoms with E-state index >= 15 is 0 Å². The average molecular weight is 450 g/mol. The number of carbonyl (C=O) groups excluding carboxylic acids is 3. The molecule has 0 radical (unpaired) electrons. The zero-order chi connectivity index (χ0) is 22.2. The van der Waals surface area contributed by atoms with E-state index < -0.39 is 0 Å². The van der Waals surface area contributed by atoms with Gasteiger partial charge in [-0.2, -0.15) is 0 Å². The van der Waals surface area contributed by atoms with Crippen LogP contribution in [0.3, 0.4) is 0 Å². The van der Waals surface area contributed by atoms with Crippen molar-refractivity contribution in [2.75, 3.05) is 37.6 Å². The van der Waals surface area contributed by atoms with Gasteiger partial charge in [0.25, 0.3) is 17.7 Å². The Morgan fingerprint density at radius 3 is 2.59 bits per heavy atom. The highest BCUT2D eigenvalue weighted by Gasteiger charge is 2.36. The lowest BCUT2D eigenvalue weighted by Gasteiger charge is -2.34. The molecule has 3 aromatic rings. The summed E-state index contributed by atoms with van der Waals surface area (Å²) >= 11 is 1.56. The van der Waals surface area contributed by atoms with E-state index in [0.717, 1.165) is 28.3 Å². The Hall–Kier alpha value is -3.33. The van der Waals surface area contributed by atoms with Crippen molar-refractivity contribution >= 4 is 44.5 Å². The minimum atomic E-state index is -0.303. The summed E-state index contributed by atoms with van der Waals surface area (Å²) in [5.41, 5.74) is 2.05. The van der Waals surface area contributed by atoms with Crippen molar-refractivity contribution in [1.29, 1.82) is 0 Å². The number of fused-ring (bicyclic) bond motifs is 2. The van der Waals surface area contributed by atoms with Crippen molar-refractivity contribution in [3.8, 4) is 0 Å². The van der Waals surface area contributed by atoms with Crippen LogP contribution in [0.1, 0.15) is 50.8 Å². The van der Waals surface area contributed by atoms with Gasteiger partial charge in [-0.3, -0.25) is 19.3 Å². The zero-order valence-corrected chi connectivity index (χ0v) is 18.6. The number of pyridine rings is 1. The van der Waals surface area contributed by atoms with Gasteiger partial charge in [0.05, 0.1) is 11.1 Å². The summed E-state index contributed by atoms with van der Waals surface area (Å²) in [6.07, 6.45) is 3.43. The van der Waals surface area contributed by atoms with E-state index in [1.165, 1.54) is 4.90 Å². The Balaban J connectivity index is 1.27. The molecule has 1 aromatic carbocycles. The van der Waals surface area contributed by atoms with Crippen molar-refractivity contribution in [2.24, 2.45) is 0 Å². The molecule has 5 rings (SSSR count). The lowest BCUT2D eigenvalue weighted by Crippen LogP contribution is -2.48. The molecule has 0 saturated carbocycles. The molecule has 0 N–H and O–H groups in total. The molecule has 0 atom stereocenters. The number of carbonyl (C=O) groups is 3. The standard InChI is InChI=1S/C23H23N5O3S/c1-2-3-9-28-21(30)16-7-6-15(14-17(16)22(28)31)20(29)26-10-12-27(13-11-26)23-25-18-5-4-8-24-19(18)32-23/h4-8,14H,2-3,9-13H2,1H3. The Bertz CT molecular complexity index is 1180. The van der Waals surface area contributed by atoms with Crippen molar-refractivity contribution in [2.45, 2.75) is 19.8 Å². The molecule has 2 aliphatic heterocycles. The highest BCUT2D eigenvalue weighted by molar-refractivity contribution is 7.21. The predicted octanol–water partition coefficient (Wildman–Crippen LogP) is 3.05. The molecule has 2 aliphatic rings. The molecule has 1 saturated heterocycles. The quantitative estimate of drug-likeness (QED) is 0.557. The molecule has 4 heterocycles. The molecule has 3 amide bonds. The normalized spacial score (nSPS) is 16.2. The van der Waals surface area contributed by atoms with Crippen LogP contribution in [0.5, 0.6) is 0 Å². The second-order valence-electron chi connectivity index (χ2n) is 7.98. The van der Waals surface area contributed by atoms with E-state index in [0.29, 0.717) is 49.4 Å². The number of hydrogen-bond donors (Lipinski definition) is 0. The number of aromatic nitrogens is 2. The summed E-state index contributed by atoms with van der Waals surface area (Å²) in [5.74, 6) is -0.690.